The van der Waals surface area contributed by atoms with Crippen LogP contribution in [-0.4, -0.2) is 23.9 Å². The molecule has 0 bridgehead atoms. The Morgan fingerprint density at radius 1 is 1.10 bits per heavy atom. The Morgan fingerprint density at radius 2 is 1.81 bits per heavy atom. The van der Waals surface area contributed by atoms with Gasteiger partial charge in [-0.05, 0) is 37.5 Å². The van der Waals surface area contributed by atoms with E-state index in [-0.39, 0.29) is 22.1 Å². The van der Waals surface area contributed by atoms with E-state index in [1.165, 1.54) is 12.1 Å². The van der Waals surface area contributed by atoms with Crippen molar-refractivity contribution in [3.8, 4) is 0 Å². The number of nitrogens with zero attached hydrogens (tertiary/aromatic N) is 1. The maximum atomic E-state index is 12.4. The van der Waals surface area contributed by atoms with Gasteiger partial charge in [0.15, 0.2) is 5.58 Å². The van der Waals surface area contributed by atoms with Crippen LogP contribution in [0.3, 0.4) is 0 Å². The van der Waals surface area contributed by atoms with Gasteiger partial charge in [-0.15, -0.1) is 0 Å². The summed E-state index contributed by atoms with van der Waals surface area (Å²) in [7, 11) is 0. The second-order valence-corrected chi connectivity index (χ2v) is 5.95. The topological polar surface area (TPSA) is 50.5 Å². The van der Waals surface area contributed by atoms with Crippen LogP contribution in [0.2, 0.25) is 10.0 Å². The second kappa shape index (κ2) is 5.70. The van der Waals surface area contributed by atoms with Crippen molar-refractivity contribution >= 4 is 40.1 Å². The summed E-state index contributed by atoms with van der Waals surface area (Å²) in [5.74, 6) is -0.290. The third-order valence-corrected chi connectivity index (χ3v) is 4.12. The quantitative estimate of drug-likeness (QED) is 0.751. The Kier molecular flexibility index (Phi) is 3.91. The van der Waals surface area contributed by atoms with Gasteiger partial charge >= 0.3 is 5.63 Å². The standard InChI is InChI=1S/C15H13Cl2NO3/c16-10-6-9-7-11(14(19)18-4-2-1-3-5-18)15(20)21-13(9)12(17)8-10/h6-8H,1-5H2. The number of carbonyl (C=O) groups excluding carboxylic acids is 1. The average molecular weight is 326 g/mol. The Balaban J connectivity index is 2.08. The lowest BCUT2D eigenvalue weighted by Gasteiger charge is -2.26. The number of benzene rings is 1. The first kappa shape index (κ1) is 14.4. The molecule has 0 atom stereocenters. The zero-order chi connectivity index (χ0) is 15.0. The number of likely N-dealkylation sites (tertiary alicyclic amines) is 1. The smallest absolute Gasteiger partial charge is 0.349 e. The van der Waals surface area contributed by atoms with Gasteiger partial charge in [-0.3, -0.25) is 4.79 Å². The van der Waals surface area contributed by atoms with Gasteiger partial charge in [0.2, 0.25) is 0 Å². The first-order chi connectivity index (χ1) is 10.1. The minimum absolute atomic E-state index is 0.0303. The molecule has 0 saturated carbocycles. The minimum atomic E-state index is -0.665. The van der Waals surface area contributed by atoms with Crippen molar-refractivity contribution in [3.05, 3.63) is 44.2 Å². The molecular formula is C15H13Cl2NO3. The van der Waals surface area contributed by atoms with Crippen molar-refractivity contribution in [1.82, 2.24) is 4.90 Å². The summed E-state index contributed by atoms with van der Waals surface area (Å²) >= 11 is 11.9. The van der Waals surface area contributed by atoms with Gasteiger partial charge in [-0.25, -0.2) is 4.79 Å². The average Bonchev–Trinajstić information content (AvgIpc) is 2.48. The van der Waals surface area contributed by atoms with E-state index >= 15 is 0 Å². The number of halogens is 2. The predicted octanol–water partition coefficient (Wildman–Crippen LogP) is 3.73. The highest BCUT2D eigenvalue weighted by molar-refractivity contribution is 6.38. The molecule has 0 N–H and O–H groups in total. The summed E-state index contributed by atoms with van der Waals surface area (Å²) in [5.41, 5.74) is -0.383. The zero-order valence-electron chi connectivity index (χ0n) is 11.2. The van der Waals surface area contributed by atoms with Gasteiger partial charge < -0.3 is 9.32 Å². The summed E-state index contributed by atoms with van der Waals surface area (Å²) in [4.78, 5) is 26.2. The summed E-state index contributed by atoms with van der Waals surface area (Å²) in [6, 6.07) is 4.63. The molecule has 1 saturated heterocycles. The largest absolute Gasteiger partial charge is 0.421 e. The van der Waals surface area contributed by atoms with Crippen molar-refractivity contribution in [2.75, 3.05) is 13.1 Å². The molecule has 0 spiro atoms. The Labute approximate surface area is 131 Å². The van der Waals surface area contributed by atoms with Gasteiger partial charge in [-0.1, -0.05) is 23.2 Å². The van der Waals surface area contributed by atoms with Crippen molar-refractivity contribution < 1.29 is 9.21 Å². The Hall–Kier alpha value is -1.52. The van der Waals surface area contributed by atoms with Gasteiger partial charge in [0, 0.05) is 23.5 Å². The summed E-state index contributed by atoms with van der Waals surface area (Å²) in [6.07, 6.45) is 3.03. The van der Waals surface area contributed by atoms with E-state index in [9.17, 15) is 9.59 Å². The van der Waals surface area contributed by atoms with E-state index < -0.39 is 5.63 Å². The highest BCUT2D eigenvalue weighted by atomic mass is 35.5. The van der Waals surface area contributed by atoms with Crippen molar-refractivity contribution in [2.24, 2.45) is 0 Å². The fourth-order valence-corrected chi connectivity index (χ4v) is 3.12. The second-order valence-electron chi connectivity index (χ2n) is 5.11. The number of carbonyl (C=O) groups is 1. The molecule has 1 aliphatic rings. The molecule has 3 rings (SSSR count). The van der Waals surface area contributed by atoms with E-state index in [0.717, 1.165) is 19.3 Å². The zero-order valence-corrected chi connectivity index (χ0v) is 12.7. The number of hydrogen-bond acceptors (Lipinski definition) is 3. The van der Waals surface area contributed by atoms with Crippen molar-refractivity contribution in [3.63, 3.8) is 0 Å². The molecule has 2 aromatic rings. The van der Waals surface area contributed by atoms with E-state index in [4.69, 9.17) is 27.6 Å². The number of fused-ring (bicyclic) bond motifs is 1. The molecule has 2 heterocycles. The highest BCUT2D eigenvalue weighted by Crippen LogP contribution is 2.27. The maximum absolute atomic E-state index is 12.4. The molecule has 0 radical (unpaired) electrons. The monoisotopic (exact) mass is 325 g/mol. The SMILES string of the molecule is O=C(c1cc2cc(Cl)cc(Cl)c2oc1=O)N1CCCCC1. The molecule has 6 heteroatoms. The molecule has 0 aliphatic carbocycles. The van der Waals surface area contributed by atoms with Crippen molar-refractivity contribution in [2.45, 2.75) is 19.3 Å². The molecule has 1 aromatic heterocycles. The van der Waals surface area contributed by atoms with Crippen LogP contribution in [0.4, 0.5) is 0 Å². The first-order valence-electron chi connectivity index (χ1n) is 6.78. The van der Waals surface area contributed by atoms with Gasteiger partial charge in [0.25, 0.3) is 5.91 Å². The van der Waals surface area contributed by atoms with Crippen LogP contribution < -0.4 is 5.63 Å². The molecule has 21 heavy (non-hydrogen) atoms. The third kappa shape index (κ3) is 2.78. The van der Waals surface area contributed by atoms with Crippen LogP contribution in [0.25, 0.3) is 11.0 Å². The number of hydrogen-bond donors (Lipinski definition) is 0. The molecule has 0 unspecified atom stereocenters. The molecule has 110 valence electrons. The third-order valence-electron chi connectivity index (χ3n) is 3.63. The van der Waals surface area contributed by atoms with Crippen LogP contribution in [0.1, 0.15) is 29.6 Å². The predicted molar refractivity (Wildman–Crippen MR) is 82.3 cm³/mol. The van der Waals surface area contributed by atoms with E-state index in [2.05, 4.69) is 0 Å². The number of amides is 1. The molecule has 1 aliphatic heterocycles. The lowest BCUT2D eigenvalue weighted by atomic mass is 10.1. The van der Waals surface area contributed by atoms with Gasteiger partial charge in [0.1, 0.15) is 5.56 Å². The molecule has 1 amide bonds. The van der Waals surface area contributed by atoms with Gasteiger partial charge in [0.05, 0.1) is 5.02 Å². The fourth-order valence-electron chi connectivity index (χ4n) is 2.57. The summed E-state index contributed by atoms with van der Waals surface area (Å²) < 4.78 is 5.20. The van der Waals surface area contributed by atoms with E-state index in [1.807, 2.05) is 0 Å². The minimum Gasteiger partial charge on any atom is -0.421 e. The fraction of sp³-hybridized carbons (Fsp3) is 0.333. The molecule has 4 nitrogen and oxygen atoms in total. The number of rotatable bonds is 1. The molecule has 1 fully saturated rings. The molecular weight excluding hydrogens is 313 g/mol. The van der Waals surface area contributed by atoms with Crippen molar-refractivity contribution in [1.29, 1.82) is 0 Å². The van der Waals surface area contributed by atoms with Crippen LogP contribution in [0, 0.1) is 0 Å². The van der Waals surface area contributed by atoms with Crippen LogP contribution in [-0.2, 0) is 0 Å². The van der Waals surface area contributed by atoms with E-state index in [0.29, 0.717) is 23.5 Å². The summed E-state index contributed by atoms with van der Waals surface area (Å²) in [6.45, 7) is 1.35. The van der Waals surface area contributed by atoms with E-state index in [1.54, 1.807) is 11.0 Å². The lowest BCUT2D eigenvalue weighted by molar-refractivity contribution is 0.0720. The maximum Gasteiger partial charge on any atom is 0.349 e. The van der Waals surface area contributed by atoms with Crippen LogP contribution >= 0.6 is 23.2 Å². The first-order valence-corrected chi connectivity index (χ1v) is 7.54. The van der Waals surface area contributed by atoms with Gasteiger partial charge in [-0.2, -0.15) is 0 Å². The molecule has 1 aromatic carbocycles. The Bertz CT molecular complexity index is 763. The van der Waals surface area contributed by atoms with Crippen LogP contribution in [0.15, 0.2) is 27.4 Å². The van der Waals surface area contributed by atoms with Crippen LogP contribution in [0.5, 0.6) is 0 Å². The normalized spacial score (nSPS) is 15.4. The number of piperidine rings is 1. The highest BCUT2D eigenvalue weighted by Gasteiger charge is 2.22. The summed E-state index contributed by atoms with van der Waals surface area (Å²) in [5, 5.41) is 1.23. The lowest BCUT2D eigenvalue weighted by Crippen LogP contribution is -2.37. The Morgan fingerprint density at radius 3 is 2.52 bits per heavy atom.